The first-order chi connectivity index (χ1) is 20.2. The lowest BCUT2D eigenvalue weighted by molar-refractivity contribution is 0.110. The number of carbonyl (C=O) groups is 2. The predicted octanol–water partition coefficient (Wildman–Crippen LogP) is 5.69. The number of benzene rings is 1. The van der Waals surface area contributed by atoms with Crippen LogP contribution in [0.2, 0.25) is 0 Å². The highest BCUT2D eigenvalue weighted by Crippen LogP contribution is 2.40. The molecule has 1 atom stereocenters. The number of sulfonamides is 1. The molecule has 0 radical (unpaired) electrons. The van der Waals surface area contributed by atoms with Gasteiger partial charge in [-0.1, -0.05) is 6.07 Å². The van der Waals surface area contributed by atoms with Crippen LogP contribution < -0.4 is 15.4 Å². The number of amides is 2. The number of likely N-dealkylation sites (N-methyl/N-ethyl adjacent to an activating group) is 1. The minimum Gasteiger partial charge on any atom is -0.448 e. The van der Waals surface area contributed by atoms with Crippen LogP contribution in [0.1, 0.15) is 84.1 Å². The van der Waals surface area contributed by atoms with Crippen LogP contribution in [0.3, 0.4) is 0 Å². The van der Waals surface area contributed by atoms with Crippen molar-refractivity contribution in [3.8, 4) is 10.4 Å². The molecule has 2 aliphatic rings. The van der Waals surface area contributed by atoms with E-state index in [0.29, 0.717) is 23.9 Å². The summed E-state index contributed by atoms with van der Waals surface area (Å²) in [4.78, 5) is 32.2. The zero-order chi connectivity index (χ0) is 31.4. The maximum Gasteiger partial charge on any atom is 0.411 e. The second kappa shape index (κ2) is 13.9. The minimum atomic E-state index is -3.94. The summed E-state index contributed by atoms with van der Waals surface area (Å²) in [5.74, 6) is 0.222. The van der Waals surface area contributed by atoms with Gasteiger partial charge in [0.15, 0.2) is 0 Å². The zero-order valence-corrected chi connectivity index (χ0v) is 27.6. The van der Waals surface area contributed by atoms with Crippen molar-refractivity contribution in [2.45, 2.75) is 108 Å². The Labute approximate surface area is 259 Å². The first kappa shape index (κ1) is 33.2. The van der Waals surface area contributed by atoms with Crippen molar-refractivity contribution in [3.63, 3.8) is 0 Å². The molecule has 13 heteroatoms. The molecule has 1 aromatic carbocycles. The topological polar surface area (TPSA) is 139 Å². The molecule has 3 N–H and O–H groups in total. The van der Waals surface area contributed by atoms with Gasteiger partial charge in [-0.2, -0.15) is 0 Å². The third-order valence-corrected chi connectivity index (χ3v) is 10.6. The van der Waals surface area contributed by atoms with Gasteiger partial charge >= 0.3 is 12.2 Å². The highest BCUT2D eigenvalue weighted by Gasteiger charge is 2.30. The predicted molar refractivity (Wildman–Crippen MR) is 168 cm³/mol. The third kappa shape index (κ3) is 9.37. The molecule has 11 nitrogen and oxygen atoms in total. The van der Waals surface area contributed by atoms with Crippen LogP contribution >= 0.6 is 11.3 Å². The van der Waals surface area contributed by atoms with Gasteiger partial charge in [0.1, 0.15) is 6.61 Å². The first-order valence-electron chi connectivity index (χ1n) is 15.0. The Bertz CT molecular complexity index is 1380. The van der Waals surface area contributed by atoms with E-state index in [2.05, 4.69) is 32.3 Å². The molecule has 238 valence electrons. The number of nitrogens with one attached hydrogen (secondary N) is 3. The minimum absolute atomic E-state index is 0.0511. The summed E-state index contributed by atoms with van der Waals surface area (Å²) >= 11 is 1.47. The summed E-state index contributed by atoms with van der Waals surface area (Å²) in [5.41, 5.74) is 0.114. The first-order valence-corrected chi connectivity index (χ1v) is 17.3. The fourth-order valence-corrected chi connectivity index (χ4v) is 8.36. The smallest absolute Gasteiger partial charge is 0.411 e. The lowest BCUT2D eigenvalue weighted by Gasteiger charge is -2.28. The van der Waals surface area contributed by atoms with E-state index in [9.17, 15) is 18.0 Å². The second-order valence-electron chi connectivity index (χ2n) is 12.8. The lowest BCUT2D eigenvalue weighted by Crippen LogP contribution is -2.40. The van der Waals surface area contributed by atoms with Gasteiger partial charge in [-0.05, 0) is 98.9 Å². The highest BCUT2D eigenvalue weighted by atomic mass is 32.2. The van der Waals surface area contributed by atoms with Crippen LogP contribution in [0, 0.1) is 0 Å². The van der Waals surface area contributed by atoms with Crippen LogP contribution in [0.4, 0.5) is 15.3 Å². The standard InChI is InChI=1S/C30H45N5O6S2/c1-19(2)41-29(37)33-22-13-14-24(26(16-22)43(38,39)34-30(3,4)5)25-17-31-27(42-25)20-9-11-21(12-10-20)32-28(36)40-18-23-8-7-15-35(23)6/h13-14,16-17,19-21,23,34H,7-12,15,18H2,1-6H3,(H,32,36)(H,33,37)/t20-,21-,23-/m1/s1. The van der Waals surface area contributed by atoms with Crippen molar-refractivity contribution >= 4 is 39.2 Å². The molecule has 0 spiro atoms. The lowest BCUT2D eigenvalue weighted by atomic mass is 9.86. The molecule has 2 fully saturated rings. The number of likely N-dealkylation sites (tertiary alicyclic amines) is 1. The van der Waals surface area contributed by atoms with Crippen LogP contribution in [0.5, 0.6) is 0 Å². The van der Waals surface area contributed by atoms with E-state index in [1.165, 1.54) is 17.4 Å². The molecule has 2 aromatic rings. The van der Waals surface area contributed by atoms with Gasteiger partial charge in [-0.15, -0.1) is 11.3 Å². The Morgan fingerprint density at radius 2 is 1.84 bits per heavy atom. The summed E-state index contributed by atoms with van der Waals surface area (Å²) in [6, 6.07) is 5.16. The average molecular weight is 636 g/mol. The van der Waals surface area contributed by atoms with E-state index in [4.69, 9.17) is 9.47 Å². The molecular formula is C30H45N5O6S2. The Morgan fingerprint density at radius 3 is 2.47 bits per heavy atom. The van der Waals surface area contributed by atoms with Crippen molar-refractivity contribution in [2.75, 3.05) is 25.5 Å². The van der Waals surface area contributed by atoms with E-state index < -0.39 is 21.7 Å². The summed E-state index contributed by atoms with van der Waals surface area (Å²) in [7, 11) is -1.88. The normalized spacial score (nSPS) is 21.5. The number of rotatable bonds is 9. The summed E-state index contributed by atoms with van der Waals surface area (Å²) < 4.78 is 40.4. The number of thiazole rings is 1. The summed E-state index contributed by atoms with van der Waals surface area (Å²) in [5, 5.41) is 6.58. The van der Waals surface area contributed by atoms with Crippen LogP contribution in [-0.4, -0.2) is 74.4 Å². The quantitative estimate of drug-likeness (QED) is 0.319. The van der Waals surface area contributed by atoms with Crippen LogP contribution in [-0.2, 0) is 19.5 Å². The third-order valence-electron chi connectivity index (χ3n) is 7.57. The number of hydrogen-bond acceptors (Lipinski definition) is 9. The van der Waals surface area contributed by atoms with Gasteiger partial charge in [0.05, 0.1) is 20.9 Å². The number of aromatic nitrogens is 1. The molecule has 2 heterocycles. The average Bonchev–Trinajstić information content (AvgIpc) is 3.55. The molecule has 4 rings (SSSR count). The molecule has 43 heavy (non-hydrogen) atoms. The van der Waals surface area contributed by atoms with Gasteiger partial charge in [0.2, 0.25) is 10.0 Å². The number of nitrogens with zero attached hydrogens (tertiary/aromatic N) is 2. The maximum absolute atomic E-state index is 13.5. The van der Waals surface area contributed by atoms with E-state index in [-0.39, 0.29) is 29.1 Å². The summed E-state index contributed by atoms with van der Waals surface area (Å²) in [6.07, 6.45) is 5.94. The van der Waals surface area contributed by atoms with Gasteiger partial charge in [-0.25, -0.2) is 27.7 Å². The number of hydrogen-bond donors (Lipinski definition) is 3. The van der Waals surface area contributed by atoms with Crippen molar-refractivity contribution in [1.82, 2.24) is 19.9 Å². The SMILES string of the molecule is CC(C)OC(=O)Nc1ccc(-c2cnc([C@H]3CC[C@H](NC(=O)OC[C@H]4CCCN4C)CC3)s2)c(S(=O)(=O)NC(C)(C)C)c1. The van der Waals surface area contributed by atoms with Crippen LogP contribution in [0.25, 0.3) is 10.4 Å². The van der Waals surface area contributed by atoms with E-state index in [1.807, 2.05) is 0 Å². The number of carbonyl (C=O) groups excluding carboxylic acids is 2. The molecule has 1 aromatic heterocycles. The Kier molecular flexibility index (Phi) is 10.7. The second-order valence-corrected chi connectivity index (χ2v) is 15.5. The van der Waals surface area contributed by atoms with E-state index in [0.717, 1.165) is 55.0 Å². The van der Waals surface area contributed by atoms with Gasteiger partial charge < -0.3 is 19.7 Å². The zero-order valence-electron chi connectivity index (χ0n) is 25.9. The Balaban J connectivity index is 1.43. The largest absolute Gasteiger partial charge is 0.448 e. The van der Waals surface area contributed by atoms with Gasteiger partial charge in [0, 0.05) is 41.0 Å². The van der Waals surface area contributed by atoms with Crippen LogP contribution in [0.15, 0.2) is 29.3 Å². The molecule has 2 amide bonds. The van der Waals surface area contributed by atoms with E-state index >= 15 is 0 Å². The molecule has 1 aliphatic heterocycles. The van der Waals surface area contributed by atoms with Crippen molar-refractivity contribution in [1.29, 1.82) is 0 Å². The highest BCUT2D eigenvalue weighted by molar-refractivity contribution is 7.89. The van der Waals surface area contributed by atoms with Gasteiger partial charge in [0.25, 0.3) is 0 Å². The van der Waals surface area contributed by atoms with Crippen molar-refractivity contribution < 1.29 is 27.5 Å². The Hall–Kier alpha value is -2.74. The monoisotopic (exact) mass is 635 g/mol. The number of ether oxygens (including phenoxy) is 2. The van der Waals surface area contributed by atoms with Gasteiger partial charge in [-0.3, -0.25) is 5.32 Å². The molecule has 0 bridgehead atoms. The van der Waals surface area contributed by atoms with E-state index in [1.54, 1.807) is 52.9 Å². The molecular weight excluding hydrogens is 590 g/mol. The molecule has 1 aliphatic carbocycles. The molecule has 1 saturated heterocycles. The fraction of sp³-hybridized carbons (Fsp3) is 0.633. The number of alkyl carbamates (subject to hydrolysis) is 1. The maximum atomic E-state index is 13.5. The molecule has 1 saturated carbocycles. The summed E-state index contributed by atoms with van der Waals surface area (Å²) in [6.45, 7) is 10.3. The van der Waals surface area contributed by atoms with Crippen molar-refractivity contribution in [2.24, 2.45) is 0 Å². The Morgan fingerprint density at radius 1 is 1.12 bits per heavy atom. The fourth-order valence-electron chi connectivity index (χ4n) is 5.50. The van der Waals surface area contributed by atoms with Crippen molar-refractivity contribution in [3.05, 3.63) is 29.4 Å². The number of anilines is 1. The molecule has 0 unspecified atom stereocenters.